The van der Waals surface area contributed by atoms with E-state index >= 15 is 4.39 Å². The molecule has 6 rings (SSSR count). The number of aliphatic hydroxyl groups is 3. The van der Waals surface area contributed by atoms with E-state index in [2.05, 4.69) is 68.1 Å². The number of imidazole rings is 1. The maximum Gasteiger partial charge on any atom is 0.305 e. The van der Waals surface area contributed by atoms with Gasteiger partial charge < -0.3 is 99.9 Å². The molecule has 590 valence electrons. The highest BCUT2D eigenvalue weighted by Gasteiger charge is 2.43. The first-order chi connectivity index (χ1) is 52.0. The number of carboxylic acid groups (broad SMARTS) is 2. The number of aryl methyl sites for hydroxylation is 1. The van der Waals surface area contributed by atoms with Gasteiger partial charge in [0.15, 0.2) is 0 Å². The van der Waals surface area contributed by atoms with E-state index in [1.165, 1.54) is 88.2 Å². The highest BCUT2D eigenvalue weighted by atomic mass is 19.1. The Balaban J connectivity index is 1.17. The second kappa shape index (κ2) is 40.2. The summed E-state index contributed by atoms with van der Waals surface area (Å²) in [5, 5.41) is 75.0. The predicted molar refractivity (Wildman–Crippen MR) is 389 cm³/mol. The Kier molecular flexibility index (Phi) is 31.7. The van der Waals surface area contributed by atoms with Gasteiger partial charge in [-0.25, -0.2) is 13.8 Å². The molecule has 2 heterocycles. The minimum atomic E-state index is -2.44. The van der Waals surface area contributed by atoms with Gasteiger partial charge in [0, 0.05) is 55.8 Å². The topological polar surface area (TPSA) is 546 Å². The summed E-state index contributed by atoms with van der Waals surface area (Å²) in [7, 11) is 1.53. The summed E-state index contributed by atoms with van der Waals surface area (Å²) in [4.78, 5) is 188. The lowest BCUT2D eigenvalue weighted by Gasteiger charge is -2.34. The molecule has 4 aromatic carbocycles. The van der Waals surface area contributed by atoms with Gasteiger partial charge in [-0.1, -0.05) is 73.7 Å². The number of pyridine rings is 1. The molecule has 6 aromatic rings. The van der Waals surface area contributed by atoms with Crippen LogP contribution in [0, 0.1) is 11.6 Å². The number of aliphatic carboxylic acids is 2. The summed E-state index contributed by atoms with van der Waals surface area (Å²) in [5.74, 6) is -17.0. The number of nitrogens with one attached hydrogen (secondary N) is 11. The number of hydrogen-bond acceptors (Lipinski definition) is 20. The van der Waals surface area contributed by atoms with Crippen molar-refractivity contribution in [1.82, 2.24) is 68.1 Å². The molecule has 34 nitrogen and oxygen atoms in total. The fraction of sp³-hybridized carbons (Fsp3) is 0.392. The zero-order valence-electron chi connectivity index (χ0n) is 61.1. The van der Waals surface area contributed by atoms with Crippen LogP contribution in [0.1, 0.15) is 88.8 Å². The number of methoxy groups -OCH3 is 1. The Morgan fingerprint density at radius 2 is 1.19 bits per heavy atom. The molecule has 11 amide bonds. The van der Waals surface area contributed by atoms with Gasteiger partial charge in [0.2, 0.25) is 65.0 Å². The van der Waals surface area contributed by atoms with Crippen LogP contribution in [0.5, 0.6) is 5.75 Å². The van der Waals surface area contributed by atoms with Gasteiger partial charge in [0.1, 0.15) is 70.8 Å². The predicted octanol–water partition coefficient (Wildman–Crippen LogP) is -1.56. The van der Waals surface area contributed by atoms with Crippen molar-refractivity contribution in [2.24, 2.45) is 11.5 Å². The number of halogens is 2. The molecule has 0 saturated carbocycles. The van der Waals surface area contributed by atoms with Crippen molar-refractivity contribution in [3.8, 4) is 28.1 Å². The van der Waals surface area contributed by atoms with Crippen molar-refractivity contribution in [2.75, 3.05) is 20.3 Å². The number of amides is 11. The van der Waals surface area contributed by atoms with E-state index in [0.717, 1.165) is 43.5 Å². The van der Waals surface area contributed by atoms with Gasteiger partial charge in [0.05, 0.1) is 57.0 Å². The number of aromatic amines is 1. The third-order valence-electron chi connectivity index (χ3n) is 17.5. The Morgan fingerprint density at radius 3 is 1.77 bits per heavy atom. The first-order valence-electron chi connectivity index (χ1n) is 34.6. The van der Waals surface area contributed by atoms with Gasteiger partial charge in [0.25, 0.3) is 0 Å². The quantitative estimate of drug-likeness (QED) is 0.0206. The van der Waals surface area contributed by atoms with Crippen molar-refractivity contribution in [3.05, 3.63) is 161 Å². The van der Waals surface area contributed by atoms with Crippen molar-refractivity contribution in [1.29, 1.82) is 0 Å². The Bertz CT molecular complexity index is 4280. The number of carbonyl (C=O) groups excluding carboxylic acids is 11. The summed E-state index contributed by atoms with van der Waals surface area (Å²) < 4.78 is 35.5. The fourth-order valence-corrected chi connectivity index (χ4v) is 11.3. The van der Waals surface area contributed by atoms with Gasteiger partial charge in [-0.2, -0.15) is 0 Å². The van der Waals surface area contributed by atoms with Crippen LogP contribution < -0.4 is 69.4 Å². The van der Waals surface area contributed by atoms with Crippen LogP contribution in [0.15, 0.2) is 122 Å². The van der Waals surface area contributed by atoms with E-state index in [4.69, 9.17) is 16.2 Å². The zero-order valence-corrected chi connectivity index (χ0v) is 61.1. The van der Waals surface area contributed by atoms with Crippen molar-refractivity contribution < 1.29 is 101 Å². The van der Waals surface area contributed by atoms with Crippen LogP contribution in [0.25, 0.3) is 22.4 Å². The number of H-pyrrole nitrogens is 1. The number of aromatic nitrogens is 3. The molecule has 0 unspecified atom stereocenters. The number of aliphatic hydroxyl groups excluding tert-OH is 3. The van der Waals surface area contributed by atoms with Crippen LogP contribution in [-0.2, 0) is 94.4 Å². The molecule has 2 aromatic heterocycles. The molecule has 110 heavy (non-hydrogen) atoms. The average molecular weight is 1530 g/mol. The van der Waals surface area contributed by atoms with Gasteiger partial charge in [-0.3, -0.25) is 67.3 Å². The first-order valence-corrected chi connectivity index (χ1v) is 34.6. The molecule has 0 radical (unpaired) electrons. The SMILES string of the molecule is CCc1cc(OC)ccc1-c1ccc(C[C@H](NC(=O)[C@H](CC(=O)O)NC(=O)[C@H](CO)NC(=O)[C@@H](NC(=O)[C@](C)(Cc2ccccc2F)NC(=O)[C@@H](NC(=O)CNC(=O)[C@H](CCC(=O)O)NC(=O)C(C)(C)NC(=O)[C@@H](N)Cc2cnc[nH]2)[C@@H](C)O)[C@@H](C)O)C(=O)N[C@@H](Cc2ccc(-c3ccccc3F)nc2)C(N)=O)cc1. The van der Waals surface area contributed by atoms with E-state index < -0.39 is 199 Å². The third-order valence-corrected chi connectivity index (χ3v) is 17.5. The van der Waals surface area contributed by atoms with Crippen LogP contribution in [0.2, 0.25) is 0 Å². The number of ether oxygens (including phenoxy) is 1. The number of carbonyl (C=O) groups is 13. The molecule has 36 heteroatoms. The van der Waals surface area contributed by atoms with E-state index in [-0.39, 0.29) is 36.1 Å². The van der Waals surface area contributed by atoms with E-state index in [1.807, 2.05) is 19.1 Å². The number of nitrogens with zero attached hydrogens (tertiary/aromatic N) is 2. The maximum absolute atomic E-state index is 15.5. The van der Waals surface area contributed by atoms with E-state index in [1.54, 1.807) is 36.4 Å². The van der Waals surface area contributed by atoms with E-state index in [0.29, 0.717) is 29.0 Å². The first kappa shape index (κ1) is 86.8. The number of primary amides is 1. The number of nitrogens with two attached hydrogens (primary N) is 2. The second-order valence-electron chi connectivity index (χ2n) is 26.7. The maximum atomic E-state index is 15.5. The lowest BCUT2D eigenvalue weighted by Crippen LogP contribution is -2.67. The molecule has 11 atom stereocenters. The molecule has 20 N–H and O–H groups in total. The lowest BCUT2D eigenvalue weighted by molar-refractivity contribution is -0.142. The van der Waals surface area contributed by atoms with Crippen LogP contribution in [0.4, 0.5) is 8.78 Å². The van der Waals surface area contributed by atoms with Crippen LogP contribution in [-0.4, -0.2) is 209 Å². The summed E-state index contributed by atoms with van der Waals surface area (Å²) in [6.45, 7) is 5.23. The molecule has 0 aliphatic rings. The van der Waals surface area contributed by atoms with Crippen LogP contribution >= 0.6 is 0 Å². The molecule has 0 aliphatic carbocycles. The minimum absolute atomic E-state index is 0.00359. The lowest BCUT2D eigenvalue weighted by atomic mass is 9.90. The standard InChI is InChI=1S/C74H91F2N15O19/c1-8-42-29-46(110-7)22-23-47(42)43-20-17-40(18-21-43)27-55(66(103)83-54(63(78)100)28-41-19-24-52(80-33-41)48-14-10-12-16-50(48)76)84-67(104)56(31-60(98)99)85-68(105)57(36-92)86-69(106)61(38(2)93)89-72(109)74(6,32-44-13-9-11-15-49(44)75)91-70(107)62(39(3)94)88-58(95)35-81-65(102)53(25-26-59(96)97)87-71(108)73(4,5)90-64(101)51(77)30-45-34-79-37-82-45/h9-24,29,33-34,37-39,51,53-57,61-62,92-94H,8,25-28,30-32,35-36,77H2,1-7H3,(H2,78,100)(H,79,82)(H,81,102)(H,83,103)(H,84,104)(H,85,105)(H,86,106)(H,87,108)(H,88,95)(H,89,109)(H,90,101)(H,91,107)(H,96,97)(H,98,99)/t38-,39-,51+,53+,54+,55+,56+,57+,61+,62+,74+/m1/s1. The summed E-state index contributed by atoms with van der Waals surface area (Å²) in [6, 6.07) is 11.6. The number of hydrogen-bond donors (Lipinski definition) is 18. The molecular weight excluding hydrogens is 1440 g/mol. The largest absolute Gasteiger partial charge is 0.497 e. The monoisotopic (exact) mass is 1530 g/mol. The second-order valence-corrected chi connectivity index (χ2v) is 26.7. The molecule has 0 saturated heterocycles. The Morgan fingerprint density at radius 1 is 0.591 bits per heavy atom. The van der Waals surface area contributed by atoms with E-state index in [9.17, 15) is 92.3 Å². The zero-order chi connectivity index (χ0) is 81.3. The van der Waals surface area contributed by atoms with Crippen molar-refractivity contribution in [3.63, 3.8) is 0 Å². The summed E-state index contributed by atoms with van der Waals surface area (Å²) in [5.41, 5.74) is 11.7. The van der Waals surface area contributed by atoms with Crippen LogP contribution in [0.3, 0.4) is 0 Å². The third kappa shape index (κ3) is 25.2. The summed E-state index contributed by atoms with van der Waals surface area (Å²) >= 11 is 0. The molecule has 0 spiro atoms. The number of carboxylic acids is 2. The molecular formula is C74H91F2N15O19. The highest BCUT2D eigenvalue weighted by molar-refractivity contribution is 6.01. The normalized spacial score (nSPS) is 14.5. The fourth-order valence-electron chi connectivity index (χ4n) is 11.3. The van der Waals surface area contributed by atoms with Gasteiger partial charge in [-0.15, -0.1) is 0 Å². The number of rotatable bonds is 41. The molecule has 0 aliphatic heterocycles. The Hall–Kier alpha value is -12.2. The Labute approximate surface area is 629 Å². The molecule has 0 fully saturated rings. The van der Waals surface area contributed by atoms with Gasteiger partial charge >= 0.3 is 11.9 Å². The number of benzene rings is 4. The van der Waals surface area contributed by atoms with Crippen molar-refractivity contribution in [2.45, 2.75) is 165 Å². The van der Waals surface area contributed by atoms with Crippen molar-refractivity contribution >= 4 is 76.9 Å². The average Bonchev–Trinajstić information content (AvgIpc) is 1.10. The molecule has 0 bridgehead atoms. The summed E-state index contributed by atoms with van der Waals surface area (Å²) in [6.07, 6.45) is -2.78. The highest BCUT2D eigenvalue weighted by Crippen LogP contribution is 2.29. The van der Waals surface area contributed by atoms with Gasteiger partial charge in [-0.05, 0) is 117 Å². The smallest absolute Gasteiger partial charge is 0.305 e. The minimum Gasteiger partial charge on any atom is -0.497 e.